The Balaban J connectivity index is 2.84. The fourth-order valence-electron chi connectivity index (χ4n) is 1.69. The molecule has 1 heterocycles. The van der Waals surface area contributed by atoms with Crippen molar-refractivity contribution < 1.29 is 18.7 Å². The number of carbonyl (C=O) groups is 2. The number of ether oxygens (including phenoxy) is 1. The van der Waals surface area contributed by atoms with Gasteiger partial charge < -0.3 is 14.5 Å². The summed E-state index contributed by atoms with van der Waals surface area (Å²) in [6, 6.07) is 2.91. The second-order valence-electron chi connectivity index (χ2n) is 4.13. The summed E-state index contributed by atoms with van der Waals surface area (Å²) in [5.41, 5.74) is -1.07. The van der Waals surface area contributed by atoms with E-state index in [1.807, 2.05) is 6.92 Å². The van der Waals surface area contributed by atoms with E-state index in [1.165, 1.54) is 19.2 Å². The SMILES string of the molecule is CCCC(C)(NC(=O)c1ccc(Cl)o1)C(=O)OC. The summed E-state index contributed by atoms with van der Waals surface area (Å²) in [5, 5.41) is 2.73. The molecule has 1 aromatic rings. The van der Waals surface area contributed by atoms with Gasteiger partial charge in [0.1, 0.15) is 5.54 Å². The maximum Gasteiger partial charge on any atom is 0.331 e. The standard InChI is InChI=1S/C12H16ClNO4/c1-4-7-12(2,11(16)17-3)14-10(15)8-5-6-9(13)18-8/h5-6H,4,7H2,1-3H3,(H,14,15). The number of amides is 1. The third-order valence-corrected chi connectivity index (χ3v) is 2.78. The van der Waals surface area contributed by atoms with Crippen LogP contribution in [0, 0.1) is 0 Å². The second kappa shape index (κ2) is 5.91. The fourth-order valence-corrected chi connectivity index (χ4v) is 1.84. The number of carbonyl (C=O) groups excluding carboxylic acids is 2. The van der Waals surface area contributed by atoms with Crippen LogP contribution in [0.3, 0.4) is 0 Å². The molecule has 0 radical (unpaired) electrons. The highest BCUT2D eigenvalue weighted by molar-refractivity contribution is 6.29. The monoisotopic (exact) mass is 273 g/mol. The van der Waals surface area contributed by atoms with E-state index in [4.69, 9.17) is 20.8 Å². The first-order chi connectivity index (χ1) is 8.42. The molecule has 1 atom stereocenters. The third kappa shape index (κ3) is 3.26. The van der Waals surface area contributed by atoms with Crippen LogP contribution >= 0.6 is 11.6 Å². The lowest BCUT2D eigenvalue weighted by Crippen LogP contribution is -2.52. The summed E-state index contributed by atoms with van der Waals surface area (Å²) in [4.78, 5) is 23.6. The number of hydrogen-bond acceptors (Lipinski definition) is 4. The van der Waals surface area contributed by atoms with Crippen molar-refractivity contribution >= 4 is 23.5 Å². The molecule has 1 rings (SSSR count). The molecule has 1 N–H and O–H groups in total. The molecule has 0 aliphatic carbocycles. The predicted molar refractivity (Wildman–Crippen MR) is 66.5 cm³/mol. The van der Waals surface area contributed by atoms with Gasteiger partial charge in [0.15, 0.2) is 11.0 Å². The minimum absolute atomic E-state index is 0.0613. The molecule has 0 spiro atoms. The van der Waals surface area contributed by atoms with Gasteiger partial charge in [-0.2, -0.15) is 0 Å². The van der Waals surface area contributed by atoms with Crippen molar-refractivity contribution in [1.29, 1.82) is 0 Å². The number of methoxy groups -OCH3 is 1. The summed E-state index contributed by atoms with van der Waals surface area (Å²) < 4.78 is 9.68. The van der Waals surface area contributed by atoms with Crippen LogP contribution in [0.5, 0.6) is 0 Å². The Morgan fingerprint density at radius 3 is 2.61 bits per heavy atom. The van der Waals surface area contributed by atoms with Gasteiger partial charge >= 0.3 is 5.97 Å². The first-order valence-corrected chi connectivity index (χ1v) is 5.97. The van der Waals surface area contributed by atoms with Crippen LogP contribution in [0.2, 0.25) is 5.22 Å². The lowest BCUT2D eigenvalue weighted by Gasteiger charge is -2.26. The molecule has 0 aromatic carbocycles. The van der Waals surface area contributed by atoms with E-state index in [-0.39, 0.29) is 11.0 Å². The van der Waals surface area contributed by atoms with Crippen molar-refractivity contribution in [3.8, 4) is 0 Å². The molecular weight excluding hydrogens is 258 g/mol. The van der Waals surface area contributed by atoms with Gasteiger partial charge in [0.2, 0.25) is 0 Å². The Hall–Kier alpha value is -1.49. The number of esters is 1. The van der Waals surface area contributed by atoms with Gasteiger partial charge in [-0.1, -0.05) is 13.3 Å². The Kier molecular flexibility index (Phi) is 4.78. The molecule has 0 saturated heterocycles. The van der Waals surface area contributed by atoms with E-state index >= 15 is 0 Å². The van der Waals surface area contributed by atoms with Gasteiger partial charge in [-0.25, -0.2) is 4.79 Å². The third-order valence-electron chi connectivity index (χ3n) is 2.57. The van der Waals surface area contributed by atoms with Crippen LogP contribution in [-0.2, 0) is 9.53 Å². The van der Waals surface area contributed by atoms with Crippen LogP contribution in [0.4, 0.5) is 0 Å². The summed E-state index contributed by atoms with van der Waals surface area (Å²) in [6.07, 6.45) is 1.20. The predicted octanol–water partition coefficient (Wildman–Crippen LogP) is 2.39. The molecule has 0 saturated carbocycles. The summed E-state index contributed by atoms with van der Waals surface area (Å²) in [5.74, 6) is -0.926. The van der Waals surface area contributed by atoms with Gasteiger partial charge in [0.25, 0.3) is 5.91 Å². The molecule has 1 aromatic heterocycles. The Morgan fingerprint density at radius 2 is 2.17 bits per heavy atom. The smallest absolute Gasteiger partial charge is 0.331 e. The van der Waals surface area contributed by atoms with E-state index in [0.717, 1.165) is 6.42 Å². The molecule has 5 nitrogen and oxygen atoms in total. The van der Waals surface area contributed by atoms with Gasteiger partial charge in [-0.05, 0) is 37.1 Å². The number of rotatable bonds is 5. The molecule has 0 aliphatic heterocycles. The van der Waals surface area contributed by atoms with Crippen LogP contribution < -0.4 is 5.32 Å². The fraction of sp³-hybridized carbons (Fsp3) is 0.500. The van der Waals surface area contributed by atoms with Crippen molar-refractivity contribution in [3.05, 3.63) is 23.1 Å². The van der Waals surface area contributed by atoms with Gasteiger partial charge in [0.05, 0.1) is 7.11 Å². The van der Waals surface area contributed by atoms with Gasteiger partial charge in [-0.15, -0.1) is 0 Å². The summed E-state index contributed by atoms with van der Waals surface area (Å²) >= 11 is 5.59. The van der Waals surface area contributed by atoms with Crippen molar-refractivity contribution in [2.45, 2.75) is 32.2 Å². The highest BCUT2D eigenvalue weighted by Gasteiger charge is 2.35. The Bertz CT molecular complexity index is 443. The Labute approximate surface area is 110 Å². The number of hydrogen-bond donors (Lipinski definition) is 1. The van der Waals surface area contributed by atoms with Crippen molar-refractivity contribution in [1.82, 2.24) is 5.32 Å². The minimum Gasteiger partial charge on any atom is -0.467 e. The van der Waals surface area contributed by atoms with Crippen molar-refractivity contribution in [3.63, 3.8) is 0 Å². The lowest BCUT2D eigenvalue weighted by molar-refractivity contribution is -0.147. The van der Waals surface area contributed by atoms with E-state index in [2.05, 4.69) is 5.32 Å². The van der Waals surface area contributed by atoms with Gasteiger partial charge in [-0.3, -0.25) is 4.79 Å². The highest BCUT2D eigenvalue weighted by atomic mass is 35.5. The molecule has 0 aliphatic rings. The van der Waals surface area contributed by atoms with Crippen molar-refractivity contribution in [2.24, 2.45) is 0 Å². The zero-order valence-corrected chi connectivity index (χ0v) is 11.3. The topological polar surface area (TPSA) is 68.5 Å². The summed E-state index contributed by atoms with van der Waals surface area (Å²) in [6.45, 7) is 3.53. The van der Waals surface area contributed by atoms with Crippen molar-refractivity contribution in [2.75, 3.05) is 7.11 Å². The Morgan fingerprint density at radius 1 is 1.50 bits per heavy atom. The van der Waals surface area contributed by atoms with E-state index < -0.39 is 17.4 Å². The lowest BCUT2D eigenvalue weighted by atomic mass is 9.96. The minimum atomic E-state index is -1.07. The van der Waals surface area contributed by atoms with Gasteiger partial charge in [0, 0.05) is 0 Å². The van der Waals surface area contributed by atoms with Crippen LogP contribution in [0.1, 0.15) is 37.2 Å². The maximum absolute atomic E-state index is 11.9. The molecule has 6 heteroatoms. The zero-order valence-electron chi connectivity index (χ0n) is 10.6. The molecule has 0 fully saturated rings. The largest absolute Gasteiger partial charge is 0.467 e. The molecule has 0 bridgehead atoms. The summed E-state index contributed by atoms with van der Waals surface area (Å²) in [7, 11) is 1.28. The van der Waals surface area contributed by atoms with Crippen LogP contribution in [0.25, 0.3) is 0 Å². The number of nitrogens with one attached hydrogen (secondary N) is 1. The first kappa shape index (κ1) is 14.6. The quantitative estimate of drug-likeness (QED) is 0.837. The molecule has 1 amide bonds. The van der Waals surface area contributed by atoms with E-state index in [0.29, 0.717) is 6.42 Å². The second-order valence-corrected chi connectivity index (χ2v) is 4.50. The average Bonchev–Trinajstić information content (AvgIpc) is 2.75. The molecule has 100 valence electrons. The number of halogens is 1. The highest BCUT2D eigenvalue weighted by Crippen LogP contribution is 2.18. The van der Waals surface area contributed by atoms with Crippen LogP contribution in [-0.4, -0.2) is 24.5 Å². The normalized spacial score (nSPS) is 13.8. The molecular formula is C12H16ClNO4. The first-order valence-electron chi connectivity index (χ1n) is 5.59. The maximum atomic E-state index is 11.9. The number of furan rings is 1. The van der Waals surface area contributed by atoms with E-state index in [9.17, 15) is 9.59 Å². The molecule has 1 unspecified atom stereocenters. The molecule has 18 heavy (non-hydrogen) atoms. The zero-order chi connectivity index (χ0) is 13.8. The average molecular weight is 274 g/mol. The van der Waals surface area contributed by atoms with Crippen LogP contribution in [0.15, 0.2) is 16.5 Å². The van der Waals surface area contributed by atoms with E-state index in [1.54, 1.807) is 6.92 Å².